The van der Waals surface area contributed by atoms with Gasteiger partial charge in [0.25, 0.3) is 5.91 Å². The molecule has 0 heterocycles. The van der Waals surface area contributed by atoms with Crippen molar-refractivity contribution < 1.29 is 19.5 Å². The summed E-state index contributed by atoms with van der Waals surface area (Å²) in [6.45, 7) is 2.26. The van der Waals surface area contributed by atoms with Gasteiger partial charge in [0.15, 0.2) is 0 Å². The highest BCUT2D eigenvalue weighted by atomic mass is 16.3. The molecule has 2 aromatic rings. The molecule has 0 saturated carbocycles. The van der Waals surface area contributed by atoms with Gasteiger partial charge in [0, 0.05) is 23.1 Å². The number of benzene rings is 2. The van der Waals surface area contributed by atoms with Crippen LogP contribution in [0.5, 0.6) is 5.75 Å². The van der Waals surface area contributed by atoms with E-state index in [-0.39, 0.29) is 11.7 Å². The van der Waals surface area contributed by atoms with Crippen molar-refractivity contribution in [3.8, 4) is 5.75 Å². The molecule has 0 atom stereocenters. The summed E-state index contributed by atoms with van der Waals surface area (Å²) in [7, 11) is 0. The Hall–Kier alpha value is -3.61. The molecule has 2 aromatic carbocycles. The normalized spacial score (nSPS) is 10.9. The zero-order valence-corrected chi connectivity index (χ0v) is 24.1. The summed E-state index contributed by atoms with van der Waals surface area (Å²) in [6, 6.07) is 12.4. The fourth-order valence-electron chi connectivity index (χ4n) is 4.38. The molecule has 0 aliphatic rings. The molecular weight excluding hydrogens is 502 g/mol. The van der Waals surface area contributed by atoms with Gasteiger partial charge in [-0.25, -0.2) is 0 Å². The van der Waals surface area contributed by atoms with Crippen LogP contribution in [0.1, 0.15) is 114 Å². The van der Waals surface area contributed by atoms with E-state index in [4.69, 9.17) is 0 Å². The molecule has 3 amide bonds. The summed E-state index contributed by atoms with van der Waals surface area (Å²) in [4.78, 5) is 36.5. The Morgan fingerprint density at radius 2 is 1.10 bits per heavy atom. The predicted molar refractivity (Wildman–Crippen MR) is 163 cm³/mol. The standard InChI is InChI=1S/C33H47N3O4/c1-2-3-4-5-6-7-8-9-10-11-12-13-14-15-16-17-26-34-32(39)33(40)36-28-20-18-27(19-21-28)31(38)35-29-22-24-30(37)25-23-29/h17-26,37H,2-16H2,1H3,(H,34,39)(H,35,38)(H,36,40). The molecule has 40 heavy (non-hydrogen) atoms. The Kier molecular flexibility index (Phi) is 16.6. The van der Waals surface area contributed by atoms with Gasteiger partial charge in [0.2, 0.25) is 0 Å². The number of hydrogen-bond donors (Lipinski definition) is 4. The van der Waals surface area contributed by atoms with Crippen LogP contribution in [0, 0.1) is 0 Å². The number of nitrogens with one attached hydrogen (secondary N) is 3. The van der Waals surface area contributed by atoms with Gasteiger partial charge >= 0.3 is 11.8 Å². The van der Waals surface area contributed by atoms with Crippen LogP contribution in [0.15, 0.2) is 60.8 Å². The number of rotatable bonds is 19. The molecule has 0 fully saturated rings. The quantitative estimate of drug-likeness (QED) is 0.0807. The Balaban J connectivity index is 1.50. The van der Waals surface area contributed by atoms with Crippen molar-refractivity contribution in [2.45, 2.75) is 103 Å². The second-order valence-corrected chi connectivity index (χ2v) is 10.3. The van der Waals surface area contributed by atoms with Gasteiger partial charge in [-0.2, -0.15) is 0 Å². The first kappa shape index (κ1) is 32.6. The van der Waals surface area contributed by atoms with Crippen LogP contribution >= 0.6 is 0 Å². The third-order valence-electron chi connectivity index (χ3n) is 6.79. The molecule has 0 aliphatic heterocycles. The third-order valence-corrected chi connectivity index (χ3v) is 6.79. The van der Waals surface area contributed by atoms with Crippen LogP contribution < -0.4 is 16.0 Å². The van der Waals surface area contributed by atoms with Crippen LogP contribution in [0.4, 0.5) is 11.4 Å². The van der Waals surface area contributed by atoms with E-state index < -0.39 is 11.8 Å². The van der Waals surface area contributed by atoms with Crippen molar-refractivity contribution in [2.24, 2.45) is 0 Å². The number of allylic oxidation sites excluding steroid dienone is 1. The first-order valence-electron chi connectivity index (χ1n) is 15.0. The summed E-state index contributed by atoms with van der Waals surface area (Å²) in [5.41, 5.74) is 1.35. The lowest BCUT2D eigenvalue weighted by atomic mass is 10.0. The average molecular weight is 550 g/mol. The van der Waals surface area contributed by atoms with Crippen LogP contribution in [0.25, 0.3) is 0 Å². The number of unbranched alkanes of at least 4 members (excludes halogenated alkanes) is 14. The SMILES string of the molecule is CCCCCCCCCCCCCCCCC=CNC(=O)C(=O)Nc1ccc(C(=O)Nc2ccc(O)cc2)cc1. The minimum absolute atomic E-state index is 0.114. The molecule has 0 radical (unpaired) electrons. The summed E-state index contributed by atoms with van der Waals surface area (Å²) in [6.07, 6.45) is 22.8. The summed E-state index contributed by atoms with van der Waals surface area (Å²) < 4.78 is 0. The zero-order valence-electron chi connectivity index (χ0n) is 24.1. The number of phenolic OH excluding ortho intramolecular Hbond substituents is 1. The molecule has 4 N–H and O–H groups in total. The van der Waals surface area contributed by atoms with Crippen molar-refractivity contribution in [3.05, 3.63) is 66.4 Å². The molecule has 0 spiro atoms. The van der Waals surface area contributed by atoms with Crippen molar-refractivity contribution >= 4 is 29.1 Å². The number of carbonyl (C=O) groups is 3. The van der Waals surface area contributed by atoms with E-state index in [0.717, 1.165) is 12.8 Å². The smallest absolute Gasteiger partial charge is 0.314 e. The second kappa shape index (κ2) is 20.3. The first-order chi connectivity index (χ1) is 19.5. The largest absolute Gasteiger partial charge is 0.508 e. The number of phenols is 1. The van der Waals surface area contributed by atoms with Gasteiger partial charge in [0.05, 0.1) is 0 Å². The first-order valence-corrected chi connectivity index (χ1v) is 15.0. The maximum atomic E-state index is 12.3. The Morgan fingerprint density at radius 3 is 1.65 bits per heavy atom. The van der Waals surface area contributed by atoms with E-state index in [0.29, 0.717) is 16.9 Å². The highest BCUT2D eigenvalue weighted by molar-refractivity contribution is 6.39. The lowest BCUT2D eigenvalue weighted by molar-refractivity contribution is -0.135. The number of aromatic hydroxyl groups is 1. The molecule has 218 valence electrons. The third kappa shape index (κ3) is 14.5. The van der Waals surface area contributed by atoms with Crippen molar-refractivity contribution in [3.63, 3.8) is 0 Å². The lowest BCUT2D eigenvalue weighted by Crippen LogP contribution is -2.32. The zero-order chi connectivity index (χ0) is 28.8. The molecule has 0 bridgehead atoms. The van der Waals surface area contributed by atoms with Crippen LogP contribution in [-0.2, 0) is 9.59 Å². The van der Waals surface area contributed by atoms with Crippen molar-refractivity contribution in [1.29, 1.82) is 0 Å². The minimum Gasteiger partial charge on any atom is -0.508 e. The summed E-state index contributed by atoms with van der Waals surface area (Å²) in [5.74, 6) is -1.73. The van der Waals surface area contributed by atoms with Gasteiger partial charge in [-0.1, -0.05) is 96.5 Å². The van der Waals surface area contributed by atoms with E-state index in [1.165, 1.54) is 102 Å². The maximum absolute atomic E-state index is 12.3. The Morgan fingerprint density at radius 1 is 0.625 bits per heavy atom. The average Bonchev–Trinajstić information content (AvgIpc) is 2.96. The highest BCUT2D eigenvalue weighted by Crippen LogP contribution is 2.16. The van der Waals surface area contributed by atoms with E-state index >= 15 is 0 Å². The Bertz CT molecular complexity index is 1030. The number of carbonyl (C=O) groups excluding carboxylic acids is 3. The molecule has 7 nitrogen and oxygen atoms in total. The van der Waals surface area contributed by atoms with E-state index in [2.05, 4.69) is 22.9 Å². The number of hydrogen-bond acceptors (Lipinski definition) is 4. The van der Waals surface area contributed by atoms with E-state index in [1.54, 1.807) is 36.4 Å². The molecule has 0 unspecified atom stereocenters. The molecule has 7 heteroatoms. The number of amides is 3. The van der Waals surface area contributed by atoms with Crippen molar-refractivity contribution in [1.82, 2.24) is 5.32 Å². The summed E-state index contributed by atoms with van der Waals surface area (Å²) in [5, 5.41) is 17.1. The fourth-order valence-corrected chi connectivity index (χ4v) is 4.38. The molecule has 0 aliphatic carbocycles. The summed E-state index contributed by atoms with van der Waals surface area (Å²) >= 11 is 0. The van der Waals surface area contributed by atoms with E-state index in [1.807, 2.05) is 6.08 Å². The van der Waals surface area contributed by atoms with Crippen LogP contribution in [-0.4, -0.2) is 22.8 Å². The van der Waals surface area contributed by atoms with Gasteiger partial charge in [-0.15, -0.1) is 0 Å². The van der Waals surface area contributed by atoms with Crippen LogP contribution in [0.2, 0.25) is 0 Å². The minimum atomic E-state index is -0.776. The van der Waals surface area contributed by atoms with Gasteiger partial charge in [-0.05, 0) is 61.4 Å². The topological polar surface area (TPSA) is 108 Å². The molecular formula is C33H47N3O4. The van der Waals surface area contributed by atoms with E-state index in [9.17, 15) is 19.5 Å². The molecule has 0 aromatic heterocycles. The van der Waals surface area contributed by atoms with Crippen molar-refractivity contribution in [2.75, 3.05) is 10.6 Å². The molecule has 0 saturated heterocycles. The highest BCUT2D eigenvalue weighted by Gasteiger charge is 2.13. The van der Waals surface area contributed by atoms with Crippen LogP contribution in [0.3, 0.4) is 0 Å². The Labute approximate surface area is 239 Å². The van der Waals surface area contributed by atoms with Gasteiger partial charge in [-0.3, -0.25) is 14.4 Å². The van der Waals surface area contributed by atoms with Gasteiger partial charge in [0.1, 0.15) is 5.75 Å². The predicted octanol–water partition coefficient (Wildman–Crippen LogP) is 8.08. The monoisotopic (exact) mass is 549 g/mol. The lowest BCUT2D eigenvalue weighted by Gasteiger charge is -2.07. The molecule has 2 rings (SSSR count). The number of anilines is 2. The van der Waals surface area contributed by atoms with Gasteiger partial charge < -0.3 is 21.1 Å². The maximum Gasteiger partial charge on any atom is 0.314 e. The second-order valence-electron chi connectivity index (χ2n) is 10.3. The fraction of sp³-hybridized carbons (Fsp3) is 0.485.